The summed E-state index contributed by atoms with van der Waals surface area (Å²) < 4.78 is 33.7. The molecule has 6 nitrogen and oxygen atoms in total. The van der Waals surface area contributed by atoms with Crippen LogP contribution in [0.4, 0.5) is 4.79 Å². The highest BCUT2D eigenvalue weighted by Gasteiger charge is 2.14. The van der Waals surface area contributed by atoms with Gasteiger partial charge in [-0.3, -0.25) is 4.18 Å². The van der Waals surface area contributed by atoms with Crippen molar-refractivity contribution in [2.45, 2.75) is 18.4 Å². The molecule has 1 amide bonds. The molecular weight excluding hydrogens is 331 g/mol. The third-order valence-corrected chi connectivity index (χ3v) is 4.46. The molecule has 24 heavy (non-hydrogen) atoms. The van der Waals surface area contributed by atoms with E-state index in [0.29, 0.717) is 0 Å². The predicted molar refractivity (Wildman–Crippen MR) is 88.9 cm³/mol. The number of hydrogen-bond donors (Lipinski definition) is 1. The SMILES string of the molecule is Cc1ccc(S(=O)(=O)O[13CH2]CNC(=O)OCc2ccccc2)cc1. The summed E-state index contributed by atoms with van der Waals surface area (Å²) in [6.07, 6.45) is -0.629. The van der Waals surface area contributed by atoms with Gasteiger partial charge in [-0.15, -0.1) is 0 Å². The Labute approximate surface area is 141 Å². The number of alkyl carbamates (subject to hydrolysis) is 1. The van der Waals surface area contributed by atoms with Gasteiger partial charge < -0.3 is 10.1 Å². The first-order valence-corrected chi connectivity index (χ1v) is 8.79. The van der Waals surface area contributed by atoms with Crippen molar-refractivity contribution >= 4 is 16.2 Å². The zero-order valence-corrected chi connectivity index (χ0v) is 14.1. The second-order valence-electron chi connectivity index (χ2n) is 5.08. The van der Waals surface area contributed by atoms with Crippen LogP contribution in [0.2, 0.25) is 0 Å². The zero-order valence-electron chi connectivity index (χ0n) is 13.3. The van der Waals surface area contributed by atoms with Gasteiger partial charge in [0.2, 0.25) is 0 Å². The maximum atomic E-state index is 11.9. The Bertz CT molecular complexity index is 757. The number of hydrogen-bond acceptors (Lipinski definition) is 5. The van der Waals surface area contributed by atoms with Crippen LogP contribution in [-0.2, 0) is 25.6 Å². The molecule has 0 aliphatic heterocycles. The van der Waals surface area contributed by atoms with Crippen LogP contribution >= 0.6 is 0 Å². The van der Waals surface area contributed by atoms with Crippen LogP contribution in [0.3, 0.4) is 0 Å². The second kappa shape index (κ2) is 8.47. The number of rotatable bonds is 7. The van der Waals surface area contributed by atoms with Crippen LogP contribution in [0.15, 0.2) is 59.5 Å². The van der Waals surface area contributed by atoms with E-state index < -0.39 is 16.2 Å². The van der Waals surface area contributed by atoms with Gasteiger partial charge in [-0.25, -0.2) is 4.79 Å². The molecule has 2 aromatic rings. The lowest BCUT2D eigenvalue weighted by Gasteiger charge is -2.08. The smallest absolute Gasteiger partial charge is 0.407 e. The molecule has 0 unspecified atom stereocenters. The van der Waals surface area contributed by atoms with E-state index in [4.69, 9.17) is 8.92 Å². The Balaban J connectivity index is 1.70. The molecule has 0 heterocycles. The first-order chi connectivity index (χ1) is 11.5. The summed E-state index contributed by atoms with van der Waals surface area (Å²) in [5.41, 5.74) is 1.82. The molecule has 0 fully saturated rings. The zero-order chi connectivity index (χ0) is 17.4. The quantitative estimate of drug-likeness (QED) is 0.472. The van der Waals surface area contributed by atoms with Gasteiger partial charge in [0.1, 0.15) is 6.61 Å². The van der Waals surface area contributed by atoms with Gasteiger partial charge in [-0.05, 0) is 24.6 Å². The number of benzene rings is 2. The van der Waals surface area contributed by atoms with Crippen molar-refractivity contribution < 1.29 is 22.1 Å². The Kier molecular flexibility index (Phi) is 6.34. The number of carbonyl (C=O) groups is 1. The normalized spacial score (nSPS) is 11.0. The van der Waals surface area contributed by atoms with Gasteiger partial charge in [0.15, 0.2) is 0 Å². The minimum absolute atomic E-state index is 0.0265. The lowest BCUT2D eigenvalue weighted by molar-refractivity contribution is 0.137. The van der Waals surface area contributed by atoms with Gasteiger partial charge in [0, 0.05) is 6.54 Å². The molecule has 2 rings (SSSR count). The Morgan fingerprint density at radius 1 is 1.04 bits per heavy atom. The number of ether oxygens (including phenoxy) is 1. The van der Waals surface area contributed by atoms with Crippen LogP contribution in [0.5, 0.6) is 0 Å². The molecule has 1 N–H and O–H groups in total. The highest BCUT2D eigenvalue weighted by molar-refractivity contribution is 7.86. The fourth-order valence-electron chi connectivity index (χ4n) is 1.85. The first kappa shape index (κ1) is 18.0. The number of carbonyl (C=O) groups excluding carboxylic acids is 1. The van der Waals surface area contributed by atoms with E-state index in [1.54, 1.807) is 12.1 Å². The maximum Gasteiger partial charge on any atom is 0.407 e. The molecular formula is C17H19NO5S. The third kappa shape index (κ3) is 5.68. The Hall–Kier alpha value is -2.38. The fourth-order valence-corrected chi connectivity index (χ4v) is 2.76. The summed E-state index contributed by atoms with van der Waals surface area (Å²) in [5, 5.41) is 2.44. The molecule has 0 bridgehead atoms. The second-order valence-corrected chi connectivity index (χ2v) is 6.69. The summed E-state index contributed by atoms with van der Waals surface area (Å²) in [5.74, 6) is 0. The number of aryl methyl sites for hydroxylation is 1. The van der Waals surface area contributed by atoms with Crippen molar-refractivity contribution in [2.24, 2.45) is 0 Å². The predicted octanol–water partition coefficient (Wildman–Crippen LogP) is 2.63. The molecule has 2 aromatic carbocycles. The summed E-state index contributed by atoms with van der Waals surface area (Å²) in [4.78, 5) is 11.6. The van der Waals surface area contributed by atoms with Crippen molar-refractivity contribution in [2.75, 3.05) is 13.2 Å². The fraction of sp³-hybridized carbons (Fsp3) is 0.235. The van der Waals surface area contributed by atoms with Crippen molar-refractivity contribution in [1.82, 2.24) is 5.32 Å². The van der Waals surface area contributed by atoms with E-state index in [-0.39, 0.29) is 24.7 Å². The molecule has 0 aliphatic carbocycles. The van der Waals surface area contributed by atoms with E-state index in [1.165, 1.54) is 12.1 Å². The molecule has 0 aromatic heterocycles. The van der Waals surface area contributed by atoms with Crippen LogP contribution < -0.4 is 5.32 Å². The van der Waals surface area contributed by atoms with E-state index in [9.17, 15) is 13.2 Å². The topological polar surface area (TPSA) is 81.7 Å². The molecule has 0 saturated carbocycles. The molecule has 7 heteroatoms. The van der Waals surface area contributed by atoms with Crippen LogP contribution in [0, 0.1) is 6.92 Å². The van der Waals surface area contributed by atoms with Gasteiger partial charge >= 0.3 is 6.09 Å². The lowest BCUT2D eigenvalue weighted by atomic mass is 10.2. The average molecular weight is 350 g/mol. The minimum atomic E-state index is -3.82. The van der Waals surface area contributed by atoms with Gasteiger partial charge in [-0.2, -0.15) is 8.42 Å². The summed E-state index contributed by atoms with van der Waals surface area (Å²) >= 11 is 0. The van der Waals surface area contributed by atoms with Crippen molar-refractivity contribution in [3.63, 3.8) is 0 Å². The van der Waals surface area contributed by atoms with Crippen LogP contribution in [0.25, 0.3) is 0 Å². The first-order valence-electron chi connectivity index (χ1n) is 7.38. The molecule has 0 spiro atoms. The maximum absolute atomic E-state index is 11.9. The van der Waals surface area contributed by atoms with E-state index in [1.807, 2.05) is 37.3 Å². The highest BCUT2D eigenvalue weighted by Crippen LogP contribution is 2.12. The van der Waals surface area contributed by atoms with Crippen molar-refractivity contribution in [3.8, 4) is 0 Å². The largest absolute Gasteiger partial charge is 0.445 e. The van der Waals surface area contributed by atoms with E-state index in [0.717, 1.165) is 11.1 Å². The summed E-state index contributed by atoms with van der Waals surface area (Å²) in [6.45, 7) is 1.87. The number of nitrogens with one attached hydrogen (secondary N) is 1. The Morgan fingerprint density at radius 2 is 1.71 bits per heavy atom. The summed E-state index contributed by atoms with van der Waals surface area (Å²) in [6, 6.07) is 15.6. The minimum Gasteiger partial charge on any atom is -0.445 e. The lowest BCUT2D eigenvalue weighted by Crippen LogP contribution is -2.28. The highest BCUT2D eigenvalue weighted by atomic mass is 32.2. The van der Waals surface area contributed by atoms with Crippen LogP contribution in [-0.4, -0.2) is 27.7 Å². The molecule has 128 valence electrons. The molecule has 0 aliphatic rings. The van der Waals surface area contributed by atoms with Crippen molar-refractivity contribution in [1.29, 1.82) is 0 Å². The van der Waals surface area contributed by atoms with E-state index in [2.05, 4.69) is 5.32 Å². The molecule has 0 saturated heterocycles. The third-order valence-electron chi connectivity index (χ3n) is 3.13. The average Bonchev–Trinajstić information content (AvgIpc) is 2.58. The van der Waals surface area contributed by atoms with Gasteiger partial charge in [0.05, 0.1) is 11.5 Å². The summed E-state index contributed by atoms with van der Waals surface area (Å²) in [7, 11) is -3.82. The Morgan fingerprint density at radius 3 is 2.38 bits per heavy atom. The standard InChI is InChI=1S/C17H19NO5S/c1-14-7-9-16(10-8-14)24(20,21)23-12-11-18-17(19)22-13-15-5-3-2-4-6-15/h2-10H,11-13H2,1H3,(H,18,19)/i12+1. The molecule has 0 atom stereocenters. The van der Waals surface area contributed by atoms with Gasteiger partial charge in [-0.1, -0.05) is 48.0 Å². The van der Waals surface area contributed by atoms with Crippen LogP contribution in [0.1, 0.15) is 11.1 Å². The van der Waals surface area contributed by atoms with Crippen molar-refractivity contribution in [3.05, 3.63) is 65.7 Å². The van der Waals surface area contributed by atoms with E-state index >= 15 is 0 Å². The van der Waals surface area contributed by atoms with Gasteiger partial charge in [0.25, 0.3) is 10.1 Å². The number of amides is 1. The monoisotopic (exact) mass is 350 g/mol. The molecule has 0 radical (unpaired) electrons.